The molecular formula is C24H42N6O7. The molecule has 1 aliphatic carbocycles. The first kappa shape index (κ1) is 31.8. The average molecular weight is 527 g/mol. The molecule has 0 aromatic heterocycles. The number of primary amides is 2. The fourth-order valence-electron chi connectivity index (χ4n) is 4.35. The Morgan fingerprint density at radius 3 is 2.05 bits per heavy atom. The van der Waals surface area contributed by atoms with Gasteiger partial charge in [0.25, 0.3) is 0 Å². The van der Waals surface area contributed by atoms with Crippen LogP contribution in [0, 0.1) is 5.92 Å². The number of carboxylic acid groups (broad SMARTS) is 1. The molecular weight excluding hydrogens is 484 g/mol. The van der Waals surface area contributed by atoms with E-state index in [0.717, 1.165) is 6.42 Å². The van der Waals surface area contributed by atoms with Crippen LogP contribution >= 0.6 is 0 Å². The maximum absolute atomic E-state index is 13.4. The zero-order valence-corrected chi connectivity index (χ0v) is 21.9. The predicted octanol–water partition coefficient (Wildman–Crippen LogP) is -0.846. The number of carbonyl (C=O) groups excluding carboxylic acids is 5. The molecule has 0 radical (unpaired) electrons. The second kappa shape index (κ2) is 13.9. The third kappa shape index (κ3) is 10.3. The van der Waals surface area contributed by atoms with Crippen molar-refractivity contribution in [2.24, 2.45) is 23.1 Å². The van der Waals surface area contributed by atoms with Gasteiger partial charge in [-0.05, 0) is 44.9 Å². The van der Waals surface area contributed by atoms with E-state index < -0.39 is 65.1 Å². The molecule has 0 spiro atoms. The van der Waals surface area contributed by atoms with Gasteiger partial charge in [-0.2, -0.15) is 0 Å². The van der Waals surface area contributed by atoms with Crippen molar-refractivity contribution in [3.05, 3.63) is 0 Å². The summed E-state index contributed by atoms with van der Waals surface area (Å²) in [5, 5.41) is 16.8. The lowest BCUT2D eigenvalue weighted by atomic mass is 9.80. The van der Waals surface area contributed by atoms with Crippen LogP contribution in [0.2, 0.25) is 0 Å². The molecule has 1 fully saturated rings. The minimum absolute atomic E-state index is 0.00182. The van der Waals surface area contributed by atoms with Crippen LogP contribution in [0.3, 0.4) is 0 Å². The molecule has 0 saturated heterocycles. The SMILES string of the molecule is CC(C)C[C@H](NC(=O)[C@@](C)(N)CCCC(=O)O)C(=O)NC1(C(=O)N[C@@H](CC(N)=O)C(N)=O)CCCCC1. The van der Waals surface area contributed by atoms with Gasteiger partial charge in [0, 0.05) is 6.42 Å². The highest BCUT2D eigenvalue weighted by Gasteiger charge is 2.44. The van der Waals surface area contributed by atoms with Crippen LogP contribution in [-0.4, -0.2) is 63.8 Å². The molecule has 0 unspecified atom stereocenters. The maximum atomic E-state index is 13.4. The predicted molar refractivity (Wildman–Crippen MR) is 134 cm³/mol. The summed E-state index contributed by atoms with van der Waals surface area (Å²) in [5.74, 6) is -4.62. The highest BCUT2D eigenvalue weighted by Crippen LogP contribution is 2.29. The lowest BCUT2D eigenvalue weighted by Crippen LogP contribution is -2.66. The Labute approximate surface area is 217 Å². The average Bonchev–Trinajstić information content (AvgIpc) is 2.77. The quantitative estimate of drug-likeness (QED) is 0.141. The topological polar surface area (TPSA) is 237 Å². The Balaban J connectivity index is 3.09. The summed E-state index contributed by atoms with van der Waals surface area (Å²) in [6.45, 7) is 5.20. The number of rotatable bonds is 15. The molecule has 0 aliphatic heterocycles. The summed E-state index contributed by atoms with van der Waals surface area (Å²) in [6, 6.07) is -2.34. The zero-order valence-electron chi connectivity index (χ0n) is 21.9. The molecule has 1 aliphatic rings. The Hall–Kier alpha value is -3.22. The minimum atomic E-state index is -1.41. The van der Waals surface area contributed by atoms with E-state index in [1.54, 1.807) is 0 Å². The van der Waals surface area contributed by atoms with E-state index in [1.165, 1.54) is 6.92 Å². The number of hydrogen-bond acceptors (Lipinski definition) is 7. The van der Waals surface area contributed by atoms with Gasteiger partial charge in [-0.1, -0.05) is 33.1 Å². The van der Waals surface area contributed by atoms with Gasteiger partial charge >= 0.3 is 5.97 Å². The van der Waals surface area contributed by atoms with Crippen LogP contribution in [0.15, 0.2) is 0 Å². The van der Waals surface area contributed by atoms with Crippen molar-refractivity contribution < 1.29 is 33.9 Å². The minimum Gasteiger partial charge on any atom is -0.481 e. The second-order valence-electron chi connectivity index (χ2n) is 10.6. The summed E-state index contributed by atoms with van der Waals surface area (Å²) in [6.07, 6.45) is 2.62. The third-order valence-electron chi connectivity index (χ3n) is 6.49. The monoisotopic (exact) mass is 526 g/mol. The molecule has 210 valence electrons. The van der Waals surface area contributed by atoms with Gasteiger partial charge in [0.05, 0.1) is 12.0 Å². The number of hydrogen-bond donors (Lipinski definition) is 7. The van der Waals surface area contributed by atoms with Crippen LogP contribution in [0.25, 0.3) is 0 Å². The van der Waals surface area contributed by atoms with Crippen molar-refractivity contribution >= 4 is 35.5 Å². The first-order valence-corrected chi connectivity index (χ1v) is 12.6. The van der Waals surface area contributed by atoms with E-state index in [4.69, 9.17) is 22.3 Å². The molecule has 13 heteroatoms. The molecule has 0 bridgehead atoms. The molecule has 13 nitrogen and oxygen atoms in total. The lowest BCUT2D eigenvalue weighted by Gasteiger charge is -2.39. The zero-order chi connectivity index (χ0) is 28.4. The fourth-order valence-corrected chi connectivity index (χ4v) is 4.35. The van der Waals surface area contributed by atoms with E-state index in [-0.39, 0.29) is 31.6 Å². The van der Waals surface area contributed by atoms with Crippen molar-refractivity contribution in [3.8, 4) is 0 Å². The molecule has 37 heavy (non-hydrogen) atoms. The normalized spacial score (nSPS) is 18.1. The Morgan fingerprint density at radius 1 is 0.973 bits per heavy atom. The first-order chi connectivity index (χ1) is 17.1. The van der Waals surface area contributed by atoms with E-state index in [0.29, 0.717) is 25.7 Å². The number of aliphatic carboxylic acids is 1. The molecule has 5 amide bonds. The maximum Gasteiger partial charge on any atom is 0.303 e. The van der Waals surface area contributed by atoms with Gasteiger partial charge in [-0.3, -0.25) is 28.8 Å². The standard InChI is InChI=1S/C24H42N6O7/c1-14(2)12-16(29-21(36)23(3,27)9-7-8-18(32)33)20(35)30-24(10-5-4-6-11-24)22(37)28-15(19(26)34)13-17(25)31/h14-16H,4-13,27H2,1-3H3,(H2,25,31)(H2,26,34)(H,28,37)(H,29,36)(H,30,35)(H,32,33)/t15-,16-,23-/m0/s1. The summed E-state index contributed by atoms with van der Waals surface area (Å²) in [5.41, 5.74) is 13.8. The Kier molecular flexibility index (Phi) is 12.0. The third-order valence-corrected chi connectivity index (χ3v) is 6.49. The van der Waals surface area contributed by atoms with Crippen molar-refractivity contribution in [1.29, 1.82) is 0 Å². The van der Waals surface area contributed by atoms with Crippen molar-refractivity contribution in [2.45, 2.75) is 108 Å². The molecule has 0 aromatic rings. The van der Waals surface area contributed by atoms with E-state index in [9.17, 15) is 28.8 Å². The largest absolute Gasteiger partial charge is 0.481 e. The number of carboxylic acids is 1. The van der Waals surface area contributed by atoms with Gasteiger partial charge in [0.15, 0.2) is 0 Å². The van der Waals surface area contributed by atoms with Gasteiger partial charge in [-0.15, -0.1) is 0 Å². The van der Waals surface area contributed by atoms with Crippen LogP contribution < -0.4 is 33.2 Å². The van der Waals surface area contributed by atoms with Crippen LogP contribution in [0.4, 0.5) is 0 Å². The van der Waals surface area contributed by atoms with Crippen LogP contribution in [0.5, 0.6) is 0 Å². The highest BCUT2D eigenvalue weighted by molar-refractivity contribution is 5.98. The molecule has 1 rings (SSSR count). The Bertz CT molecular complexity index is 868. The summed E-state index contributed by atoms with van der Waals surface area (Å²) < 4.78 is 0. The van der Waals surface area contributed by atoms with Crippen LogP contribution in [-0.2, 0) is 28.8 Å². The molecule has 10 N–H and O–H groups in total. The van der Waals surface area contributed by atoms with E-state index in [2.05, 4.69) is 16.0 Å². The first-order valence-electron chi connectivity index (χ1n) is 12.6. The van der Waals surface area contributed by atoms with Crippen molar-refractivity contribution in [2.75, 3.05) is 0 Å². The molecule has 0 heterocycles. The van der Waals surface area contributed by atoms with Gasteiger partial charge in [0.2, 0.25) is 29.5 Å². The van der Waals surface area contributed by atoms with E-state index >= 15 is 0 Å². The molecule has 1 saturated carbocycles. The van der Waals surface area contributed by atoms with Crippen molar-refractivity contribution in [1.82, 2.24) is 16.0 Å². The summed E-state index contributed by atoms with van der Waals surface area (Å²) >= 11 is 0. The van der Waals surface area contributed by atoms with Gasteiger partial charge < -0.3 is 38.3 Å². The lowest BCUT2D eigenvalue weighted by molar-refractivity contribution is -0.139. The van der Waals surface area contributed by atoms with Crippen molar-refractivity contribution in [3.63, 3.8) is 0 Å². The second-order valence-corrected chi connectivity index (χ2v) is 10.6. The fraction of sp³-hybridized carbons (Fsp3) is 0.750. The Morgan fingerprint density at radius 2 is 1.57 bits per heavy atom. The molecule has 3 atom stereocenters. The van der Waals surface area contributed by atoms with Crippen LogP contribution in [0.1, 0.15) is 85.0 Å². The highest BCUT2D eigenvalue weighted by atomic mass is 16.4. The van der Waals surface area contributed by atoms with Gasteiger partial charge in [-0.25, -0.2) is 0 Å². The summed E-state index contributed by atoms with van der Waals surface area (Å²) in [4.78, 5) is 73.5. The number of amides is 5. The number of nitrogens with one attached hydrogen (secondary N) is 3. The summed E-state index contributed by atoms with van der Waals surface area (Å²) in [7, 11) is 0. The number of carbonyl (C=O) groups is 6. The van der Waals surface area contributed by atoms with Gasteiger partial charge in [0.1, 0.15) is 17.6 Å². The molecule has 0 aromatic carbocycles. The van der Waals surface area contributed by atoms with E-state index in [1.807, 2.05) is 13.8 Å². The number of nitrogens with two attached hydrogens (primary N) is 3. The smallest absolute Gasteiger partial charge is 0.303 e.